The number of rotatable bonds is 13. The largest absolute Gasteiger partial charge is 0.465 e. The number of carbonyl (C=O) groups is 1. The maximum atomic E-state index is 11.6. The number of hydrogen-bond acceptors (Lipinski definition) is 4. The standard InChI is InChI=1S/C17H28O2S2/c18-17(19-12-10-16-11-14-21-15-16)9-7-5-3-1-2-4-6-8-13-20/h11,14-15,20H,1-10,12-13H2. The zero-order valence-electron chi connectivity index (χ0n) is 12.9. The third-order valence-electron chi connectivity index (χ3n) is 3.52. The van der Waals surface area contributed by atoms with Crippen LogP contribution >= 0.6 is 24.0 Å². The summed E-state index contributed by atoms with van der Waals surface area (Å²) in [7, 11) is 0. The van der Waals surface area contributed by atoms with Crippen LogP contribution in [0, 0.1) is 0 Å². The Morgan fingerprint density at radius 2 is 1.71 bits per heavy atom. The number of thiophene rings is 1. The molecule has 0 saturated carbocycles. The predicted molar refractivity (Wildman–Crippen MR) is 94.4 cm³/mol. The Hall–Kier alpha value is -0.480. The Morgan fingerprint density at radius 1 is 1.05 bits per heavy atom. The molecule has 0 aromatic carbocycles. The second kappa shape index (κ2) is 13.2. The molecule has 0 spiro atoms. The molecule has 120 valence electrons. The molecular formula is C17H28O2S2. The molecule has 1 heterocycles. The summed E-state index contributed by atoms with van der Waals surface area (Å²) in [6.07, 6.45) is 11.2. The van der Waals surface area contributed by atoms with Gasteiger partial charge in [-0.3, -0.25) is 4.79 Å². The van der Waals surface area contributed by atoms with Crippen LogP contribution in [0.15, 0.2) is 16.8 Å². The minimum Gasteiger partial charge on any atom is -0.465 e. The van der Waals surface area contributed by atoms with Gasteiger partial charge < -0.3 is 4.74 Å². The minimum atomic E-state index is -0.0426. The predicted octanol–water partition coefficient (Wildman–Crippen LogP) is 5.27. The lowest BCUT2D eigenvalue weighted by Crippen LogP contribution is -2.07. The molecule has 0 atom stereocenters. The molecule has 21 heavy (non-hydrogen) atoms. The van der Waals surface area contributed by atoms with Gasteiger partial charge in [-0.15, -0.1) is 0 Å². The second-order valence-electron chi connectivity index (χ2n) is 5.40. The number of unbranched alkanes of at least 4 members (excludes halogenated alkanes) is 7. The quantitative estimate of drug-likeness (QED) is 0.303. The van der Waals surface area contributed by atoms with Crippen molar-refractivity contribution in [1.82, 2.24) is 0 Å². The second-order valence-corrected chi connectivity index (χ2v) is 6.63. The fraction of sp³-hybridized carbons (Fsp3) is 0.706. The highest BCUT2D eigenvalue weighted by Crippen LogP contribution is 2.11. The van der Waals surface area contributed by atoms with Crippen LogP contribution in [0.5, 0.6) is 0 Å². The number of ether oxygens (including phenoxy) is 1. The third-order valence-corrected chi connectivity index (χ3v) is 4.57. The van der Waals surface area contributed by atoms with E-state index in [0.717, 1.165) is 25.0 Å². The lowest BCUT2D eigenvalue weighted by atomic mass is 10.1. The lowest BCUT2D eigenvalue weighted by Gasteiger charge is -2.04. The van der Waals surface area contributed by atoms with Crippen molar-refractivity contribution in [2.24, 2.45) is 0 Å². The highest BCUT2D eigenvalue weighted by molar-refractivity contribution is 7.80. The van der Waals surface area contributed by atoms with Crippen molar-refractivity contribution >= 4 is 29.9 Å². The average molecular weight is 329 g/mol. The van der Waals surface area contributed by atoms with Crippen molar-refractivity contribution in [1.29, 1.82) is 0 Å². The van der Waals surface area contributed by atoms with Gasteiger partial charge in [-0.2, -0.15) is 24.0 Å². The monoisotopic (exact) mass is 328 g/mol. The molecular weight excluding hydrogens is 300 g/mol. The van der Waals surface area contributed by atoms with Gasteiger partial charge >= 0.3 is 5.97 Å². The highest BCUT2D eigenvalue weighted by atomic mass is 32.1. The number of thiol groups is 1. The fourth-order valence-electron chi connectivity index (χ4n) is 2.23. The maximum absolute atomic E-state index is 11.6. The van der Waals surface area contributed by atoms with Crippen molar-refractivity contribution in [2.75, 3.05) is 12.4 Å². The van der Waals surface area contributed by atoms with E-state index in [2.05, 4.69) is 29.5 Å². The van der Waals surface area contributed by atoms with Gasteiger partial charge in [-0.1, -0.05) is 38.5 Å². The molecule has 1 aromatic rings. The molecule has 0 unspecified atom stereocenters. The smallest absolute Gasteiger partial charge is 0.305 e. The number of carbonyl (C=O) groups excluding carboxylic acids is 1. The van der Waals surface area contributed by atoms with Crippen molar-refractivity contribution in [3.05, 3.63) is 22.4 Å². The van der Waals surface area contributed by atoms with E-state index >= 15 is 0 Å². The first-order valence-corrected chi connectivity index (χ1v) is 9.68. The molecule has 0 N–H and O–H groups in total. The van der Waals surface area contributed by atoms with E-state index in [-0.39, 0.29) is 5.97 Å². The van der Waals surface area contributed by atoms with E-state index in [9.17, 15) is 4.79 Å². The van der Waals surface area contributed by atoms with Crippen molar-refractivity contribution in [3.8, 4) is 0 Å². The molecule has 0 fully saturated rings. The molecule has 4 heteroatoms. The van der Waals surface area contributed by atoms with Crippen molar-refractivity contribution in [3.63, 3.8) is 0 Å². The molecule has 0 saturated heterocycles. The van der Waals surface area contributed by atoms with Crippen molar-refractivity contribution < 1.29 is 9.53 Å². The number of hydrogen-bond donors (Lipinski definition) is 1. The van der Waals surface area contributed by atoms with Gasteiger partial charge in [-0.05, 0) is 41.0 Å². The summed E-state index contributed by atoms with van der Waals surface area (Å²) >= 11 is 5.89. The normalized spacial score (nSPS) is 10.7. The summed E-state index contributed by atoms with van der Waals surface area (Å²) in [5.41, 5.74) is 1.26. The van der Waals surface area contributed by atoms with E-state index in [1.807, 2.05) is 0 Å². The highest BCUT2D eigenvalue weighted by Gasteiger charge is 2.03. The van der Waals surface area contributed by atoms with Crippen molar-refractivity contribution in [2.45, 2.75) is 64.2 Å². The van der Waals surface area contributed by atoms with Gasteiger partial charge in [0.05, 0.1) is 6.61 Å². The van der Waals surface area contributed by atoms with E-state index in [0.29, 0.717) is 13.0 Å². The Bertz CT molecular complexity index is 350. The molecule has 0 aliphatic carbocycles. The van der Waals surface area contributed by atoms with Gasteiger partial charge in [0, 0.05) is 12.8 Å². The van der Waals surface area contributed by atoms with Crippen LogP contribution in [0.25, 0.3) is 0 Å². The summed E-state index contributed by atoms with van der Waals surface area (Å²) in [4.78, 5) is 11.6. The van der Waals surface area contributed by atoms with Crippen LogP contribution in [0.1, 0.15) is 63.4 Å². The molecule has 0 radical (unpaired) electrons. The van der Waals surface area contributed by atoms with E-state index in [1.54, 1.807) is 11.3 Å². The fourth-order valence-corrected chi connectivity index (χ4v) is 3.16. The molecule has 0 amide bonds. The molecule has 1 rings (SSSR count). The zero-order valence-corrected chi connectivity index (χ0v) is 14.6. The summed E-state index contributed by atoms with van der Waals surface area (Å²) in [5.74, 6) is 0.966. The van der Waals surface area contributed by atoms with Gasteiger partial charge in [0.25, 0.3) is 0 Å². The minimum absolute atomic E-state index is 0.0426. The molecule has 2 nitrogen and oxygen atoms in total. The van der Waals surface area contributed by atoms with Gasteiger partial charge in [-0.25, -0.2) is 0 Å². The third kappa shape index (κ3) is 10.8. The molecule has 0 bridgehead atoms. The Balaban J connectivity index is 1.83. The van der Waals surface area contributed by atoms with Crippen LogP contribution < -0.4 is 0 Å². The van der Waals surface area contributed by atoms with Crippen LogP contribution in [-0.2, 0) is 16.0 Å². The first-order chi connectivity index (χ1) is 10.3. The summed E-state index contributed by atoms with van der Waals surface area (Å²) < 4.78 is 5.25. The first kappa shape index (κ1) is 18.6. The van der Waals surface area contributed by atoms with Gasteiger partial charge in [0.15, 0.2) is 0 Å². The molecule has 1 aromatic heterocycles. The van der Waals surface area contributed by atoms with Crippen LogP contribution in [0.2, 0.25) is 0 Å². The zero-order chi connectivity index (χ0) is 15.2. The summed E-state index contributed by atoms with van der Waals surface area (Å²) in [6.45, 7) is 0.515. The number of esters is 1. The summed E-state index contributed by atoms with van der Waals surface area (Å²) in [6, 6.07) is 2.08. The Morgan fingerprint density at radius 3 is 2.33 bits per heavy atom. The van der Waals surface area contributed by atoms with E-state index in [1.165, 1.54) is 44.1 Å². The van der Waals surface area contributed by atoms with E-state index in [4.69, 9.17) is 4.74 Å². The van der Waals surface area contributed by atoms with E-state index < -0.39 is 0 Å². The van der Waals surface area contributed by atoms with Crippen LogP contribution in [0.4, 0.5) is 0 Å². The lowest BCUT2D eigenvalue weighted by molar-refractivity contribution is -0.143. The molecule has 0 aliphatic rings. The Labute approximate surface area is 138 Å². The average Bonchev–Trinajstić information content (AvgIpc) is 2.99. The van der Waals surface area contributed by atoms with Crippen LogP contribution in [-0.4, -0.2) is 18.3 Å². The van der Waals surface area contributed by atoms with Gasteiger partial charge in [0.2, 0.25) is 0 Å². The van der Waals surface area contributed by atoms with Crippen LogP contribution in [0.3, 0.4) is 0 Å². The SMILES string of the molecule is O=C(CCCCCCCCCCS)OCCc1ccsc1. The first-order valence-electron chi connectivity index (χ1n) is 8.10. The topological polar surface area (TPSA) is 26.3 Å². The summed E-state index contributed by atoms with van der Waals surface area (Å²) in [5, 5.41) is 4.15. The Kier molecular flexibility index (Phi) is 11.7. The maximum Gasteiger partial charge on any atom is 0.305 e. The molecule has 0 aliphatic heterocycles. The van der Waals surface area contributed by atoms with Gasteiger partial charge in [0.1, 0.15) is 0 Å².